The summed E-state index contributed by atoms with van der Waals surface area (Å²) in [6.45, 7) is 1.94. The van der Waals surface area contributed by atoms with Crippen molar-refractivity contribution in [2.75, 3.05) is 0 Å². The highest BCUT2D eigenvalue weighted by Crippen LogP contribution is 2.24. The van der Waals surface area contributed by atoms with Gasteiger partial charge in [-0.25, -0.2) is 14.4 Å². The van der Waals surface area contributed by atoms with Gasteiger partial charge in [-0.15, -0.1) is 11.3 Å². The van der Waals surface area contributed by atoms with Crippen molar-refractivity contribution in [2.24, 2.45) is 0 Å². The van der Waals surface area contributed by atoms with Crippen molar-refractivity contribution < 1.29 is 9.18 Å². The summed E-state index contributed by atoms with van der Waals surface area (Å²) in [5, 5.41) is 5.60. The number of thiazole rings is 1. The molecule has 0 fully saturated rings. The molecule has 0 aliphatic rings. The summed E-state index contributed by atoms with van der Waals surface area (Å²) >= 11 is 1.45. The van der Waals surface area contributed by atoms with Gasteiger partial charge in [0.25, 0.3) is 0 Å². The monoisotopic (exact) mass is 418 g/mol. The van der Waals surface area contributed by atoms with E-state index in [2.05, 4.69) is 15.3 Å². The lowest BCUT2D eigenvalue weighted by atomic mass is 10.1. The summed E-state index contributed by atoms with van der Waals surface area (Å²) in [6.07, 6.45) is 8.50. The number of amides is 1. The van der Waals surface area contributed by atoms with Crippen molar-refractivity contribution in [1.29, 1.82) is 0 Å². The molecule has 1 amide bonds. The first-order valence-corrected chi connectivity index (χ1v) is 10.2. The molecule has 2 aromatic heterocycles. The van der Waals surface area contributed by atoms with Gasteiger partial charge in [0, 0.05) is 35.1 Å². The van der Waals surface area contributed by atoms with Crippen LogP contribution in [0.4, 0.5) is 4.39 Å². The quantitative estimate of drug-likeness (QED) is 0.447. The van der Waals surface area contributed by atoms with E-state index in [-0.39, 0.29) is 17.8 Å². The van der Waals surface area contributed by atoms with E-state index in [9.17, 15) is 9.18 Å². The molecule has 4 rings (SSSR count). The normalized spacial score (nSPS) is 12.2. The van der Waals surface area contributed by atoms with Gasteiger partial charge in [-0.1, -0.05) is 12.1 Å². The van der Waals surface area contributed by atoms with Gasteiger partial charge in [0.2, 0.25) is 5.91 Å². The van der Waals surface area contributed by atoms with Crippen molar-refractivity contribution in [1.82, 2.24) is 19.9 Å². The highest BCUT2D eigenvalue weighted by Gasteiger charge is 2.09. The van der Waals surface area contributed by atoms with Gasteiger partial charge in [0.1, 0.15) is 10.8 Å². The smallest absolute Gasteiger partial charge is 0.244 e. The summed E-state index contributed by atoms with van der Waals surface area (Å²) in [6, 6.07) is 14.0. The maximum absolute atomic E-state index is 13.1. The second-order valence-corrected chi connectivity index (χ2v) is 7.57. The van der Waals surface area contributed by atoms with Crippen LogP contribution in [0.2, 0.25) is 0 Å². The lowest BCUT2D eigenvalue weighted by Crippen LogP contribution is -2.24. The van der Waals surface area contributed by atoms with Gasteiger partial charge in [0.05, 0.1) is 18.1 Å². The zero-order chi connectivity index (χ0) is 20.9. The SMILES string of the molecule is C[C@H](NC(=O)/C=C\c1csc(-c2ccc(F)cc2)n1)c1ccc(-n2ccnc2)cc1. The second-order valence-electron chi connectivity index (χ2n) is 6.71. The van der Waals surface area contributed by atoms with Crippen LogP contribution in [0.15, 0.2) is 78.7 Å². The molecule has 2 heterocycles. The number of nitrogens with one attached hydrogen (secondary N) is 1. The highest BCUT2D eigenvalue weighted by molar-refractivity contribution is 7.13. The number of hydrogen-bond acceptors (Lipinski definition) is 4. The summed E-state index contributed by atoms with van der Waals surface area (Å²) in [4.78, 5) is 20.8. The molecule has 0 radical (unpaired) electrons. The van der Waals surface area contributed by atoms with E-state index >= 15 is 0 Å². The predicted molar refractivity (Wildman–Crippen MR) is 117 cm³/mol. The van der Waals surface area contributed by atoms with Crippen molar-refractivity contribution >= 4 is 23.3 Å². The molecule has 2 aromatic carbocycles. The molecule has 4 aromatic rings. The Hall–Kier alpha value is -3.58. The van der Waals surface area contributed by atoms with Gasteiger partial charge in [-0.3, -0.25) is 4.79 Å². The number of hydrogen-bond donors (Lipinski definition) is 1. The van der Waals surface area contributed by atoms with Crippen LogP contribution in [-0.2, 0) is 4.79 Å². The molecule has 0 unspecified atom stereocenters. The maximum Gasteiger partial charge on any atom is 0.244 e. The third-order valence-electron chi connectivity index (χ3n) is 4.57. The molecule has 30 heavy (non-hydrogen) atoms. The number of aromatic nitrogens is 3. The van der Waals surface area contributed by atoms with Crippen LogP contribution < -0.4 is 5.32 Å². The Morgan fingerprint density at radius 2 is 1.93 bits per heavy atom. The van der Waals surface area contributed by atoms with E-state index in [4.69, 9.17) is 0 Å². The zero-order valence-electron chi connectivity index (χ0n) is 16.2. The van der Waals surface area contributed by atoms with Crippen molar-refractivity contribution in [3.8, 4) is 16.3 Å². The molecule has 7 heteroatoms. The lowest BCUT2D eigenvalue weighted by molar-refractivity contribution is -0.117. The molecule has 0 saturated carbocycles. The third-order valence-corrected chi connectivity index (χ3v) is 5.48. The van der Waals surface area contributed by atoms with Gasteiger partial charge < -0.3 is 9.88 Å². The Balaban J connectivity index is 1.36. The van der Waals surface area contributed by atoms with E-state index in [0.717, 1.165) is 21.8 Å². The molecule has 0 saturated heterocycles. The first-order chi connectivity index (χ1) is 14.6. The molecule has 0 spiro atoms. The molecule has 0 aliphatic carbocycles. The van der Waals surface area contributed by atoms with Crippen LogP contribution in [0.3, 0.4) is 0 Å². The molecular weight excluding hydrogens is 399 g/mol. The Labute approximate surface area is 177 Å². The van der Waals surface area contributed by atoms with Crippen molar-refractivity contribution in [2.45, 2.75) is 13.0 Å². The first-order valence-electron chi connectivity index (χ1n) is 9.37. The van der Waals surface area contributed by atoms with Crippen LogP contribution >= 0.6 is 11.3 Å². The van der Waals surface area contributed by atoms with E-state index < -0.39 is 0 Å². The summed E-state index contributed by atoms with van der Waals surface area (Å²) < 4.78 is 15.0. The number of rotatable bonds is 6. The first kappa shape index (κ1) is 19.7. The van der Waals surface area contributed by atoms with Gasteiger partial charge in [0.15, 0.2) is 0 Å². The highest BCUT2D eigenvalue weighted by atomic mass is 32.1. The van der Waals surface area contributed by atoms with Gasteiger partial charge >= 0.3 is 0 Å². The molecule has 150 valence electrons. The molecule has 1 N–H and O–H groups in total. The Morgan fingerprint density at radius 1 is 1.17 bits per heavy atom. The summed E-state index contributed by atoms with van der Waals surface area (Å²) in [5.41, 5.74) is 3.55. The number of carbonyl (C=O) groups excluding carboxylic acids is 1. The van der Waals surface area contributed by atoms with Crippen molar-refractivity contribution in [3.05, 3.63) is 95.8 Å². The van der Waals surface area contributed by atoms with E-state index in [1.165, 1.54) is 29.5 Å². The molecule has 1 atom stereocenters. The standard InChI is InChI=1S/C23H19FN4OS/c1-16(17-4-9-21(10-5-17)28-13-12-25-15-28)26-22(29)11-8-20-14-30-23(27-20)18-2-6-19(24)7-3-18/h2-16H,1H3,(H,26,29)/b11-8-/t16-/m0/s1. The number of imidazole rings is 1. The Morgan fingerprint density at radius 3 is 2.63 bits per heavy atom. The lowest BCUT2D eigenvalue weighted by Gasteiger charge is -2.13. The fraction of sp³-hybridized carbons (Fsp3) is 0.0870. The second kappa shape index (κ2) is 8.84. The van der Waals surface area contributed by atoms with Crippen LogP contribution in [0.25, 0.3) is 22.3 Å². The van der Waals surface area contributed by atoms with Crippen LogP contribution in [0, 0.1) is 5.82 Å². The molecule has 0 aliphatic heterocycles. The number of halogens is 1. The molecular formula is C23H19FN4OS. The minimum Gasteiger partial charge on any atom is -0.346 e. The molecule has 0 bridgehead atoms. The largest absolute Gasteiger partial charge is 0.346 e. The van der Waals surface area contributed by atoms with E-state index in [1.807, 2.05) is 47.3 Å². The minimum absolute atomic E-state index is 0.135. The van der Waals surface area contributed by atoms with E-state index in [1.54, 1.807) is 30.7 Å². The number of carbonyl (C=O) groups is 1. The summed E-state index contributed by atoms with van der Waals surface area (Å²) in [5.74, 6) is -0.477. The topological polar surface area (TPSA) is 59.8 Å². The van der Waals surface area contributed by atoms with Crippen LogP contribution in [0.1, 0.15) is 24.2 Å². The fourth-order valence-electron chi connectivity index (χ4n) is 2.94. The van der Waals surface area contributed by atoms with E-state index in [0.29, 0.717) is 5.69 Å². The predicted octanol–water partition coefficient (Wildman–Crippen LogP) is 5.03. The Kier molecular flexibility index (Phi) is 5.81. The average molecular weight is 418 g/mol. The van der Waals surface area contributed by atoms with Crippen molar-refractivity contribution in [3.63, 3.8) is 0 Å². The summed E-state index contributed by atoms with van der Waals surface area (Å²) in [7, 11) is 0. The van der Waals surface area contributed by atoms with Crippen LogP contribution in [0.5, 0.6) is 0 Å². The third kappa shape index (κ3) is 4.69. The van der Waals surface area contributed by atoms with Gasteiger partial charge in [-0.2, -0.15) is 0 Å². The zero-order valence-corrected chi connectivity index (χ0v) is 17.0. The van der Waals surface area contributed by atoms with Gasteiger partial charge in [-0.05, 0) is 55.0 Å². The number of nitrogens with zero attached hydrogens (tertiary/aromatic N) is 3. The van der Waals surface area contributed by atoms with Crippen LogP contribution in [-0.4, -0.2) is 20.4 Å². The Bertz CT molecular complexity index is 1150. The maximum atomic E-state index is 13.1. The average Bonchev–Trinajstić information content (AvgIpc) is 3.45. The number of benzene rings is 2. The fourth-order valence-corrected chi connectivity index (χ4v) is 3.73. The minimum atomic E-state index is -0.280. The molecule has 5 nitrogen and oxygen atoms in total.